The van der Waals surface area contributed by atoms with Gasteiger partial charge in [-0.3, -0.25) is 4.79 Å². The Morgan fingerprint density at radius 1 is 1.10 bits per heavy atom. The molecule has 1 aromatic heterocycles. The normalized spacial score (nSPS) is 10.7. The predicted octanol–water partition coefficient (Wildman–Crippen LogP) is 4.23. The molecule has 0 aliphatic heterocycles. The van der Waals surface area contributed by atoms with Crippen LogP contribution in [0.1, 0.15) is 0 Å². The van der Waals surface area contributed by atoms with E-state index >= 15 is 0 Å². The van der Waals surface area contributed by atoms with E-state index < -0.39 is 0 Å². The van der Waals surface area contributed by atoms with E-state index in [0.717, 1.165) is 10.0 Å². The molecule has 0 aliphatic rings. The molecule has 0 atom stereocenters. The molecule has 3 rings (SSSR count). The van der Waals surface area contributed by atoms with Gasteiger partial charge in [-0.2, -0.15) is 0 Å². The largest absolute Gasteiger partial charge is 0.496 e. The third-order valence-corrected chi connectivity index (χ3v) is 3.69. The lowest BCUT2D eigenvalue weighted by atomic mass is 10.1. The lowest BCUT2D eigenvalue weighted by Gasteiger charge is -2.08. The summed E-state index contributed by atoms with van der Waals surface area (Å²) < 4.78 is 11.8. The Morgan fingerprint density at radius 2 is 1.85 bits per heavy atom. The van der Waals surface area contributed by atoms with Gasteiger partial charge in [0.05, 0.1) is 11.6 Å². The van der Waals surface area contributed by atoms with Crippen molar-refractivity contribution in [2.75, 3.05) is 7.11 Å². The molecule has 4 heteroatoms. The summed E-state index contributed by atoms with van der Waals surface area (Å²) in [4.78, 5) is 12.3. The van der Waals surface area contributed by atoms with Crippen molar-refractivity contribution < 1.29 is 9.15 Å². The SMILES string of the molecule is COc1ccc(Br)c2oc(-c3ccccc3)cc(=O)c12. The topological polar surface area (TPSA) is 39.4 Å². The minimum atomic E-state index is -0.122. The maximum Gasteiger partial charge on any atom is 0.197 e. The second-order valence-electron chi connectivity index (χ2n) is 4.29. The van der Waals surface area contributed by atoms with Crippen LogP contribution < -0.4 is 10.2 Å². The zero-order valence-corrected chi connectivity index (χ0v) is 12.3. The molecule has 0 unspecified atom stereocenters. The van der Waals surface area contributed by atoms with E-state index in [-0.39, 0.29) is 5.43 Å². The Balaban J connectivity index is 2.36. The van der Waals surface area contributed by atoms with Crippen molar-refractivity contribution in [2.24, 2.45) is 0 Å². The quantitative estimate of drug-likeness (QED) is 0.705. The summed E-state index contributed by atoms with van der Waals surface area (Å²) >= 11 is 3.41. The monoisotopic (exact) mass is 330 g/mol. The molecule has 0 saturated heterocycles. The van der Waals surface area contributed by atoms with Gasteiger partial charge in [0, 0.05) is 11.6 Å². The van der Waals surface area contributed by atoms with Gasteiger partial charge >= 0.3 is 0 Å². The summed E-state index contributed by atoms with van der Waals surface area (Å²) in [7, 11) is 1.53. The molecule has 0 saturated carbocycles. The molecule has 0 bridgehead atoms. The van der Waals surface area contributed by atoms with Gasteiger partial charge in [-0.25, -0.2) is 0 Å². The highest BCUT2D eigenvalue weighted by Crippen LogP contribution is 2.32. The highest BCUT2D eigenvalue weighted by atomic mass is 79.9. The van der Waals surface area contributed by atoms with Crippen LogP contribution in [0.15, 0.2) is 62.2 Å². The minimum Gasteiger partial charge on any atom is -0.496 e. The van der Waals surface area contributed by atoms with E-state index in [2.05, 4.69) is 15.9 Å². The zero-order valence-electron chi connectivity index (χ0n) is 10.7. The van der Waals surface area contributed by atoms with Crippen LogP contribution in [0.2, 0.25) is 0 Å². The van der Waals surface area contributed by atoms with Crippen molar-refractivity contribution in [3.05, 3.63) is 63.2 Å². The summed E-state index contributed by atoms with van der Waals surface area (Å²) in [5, 5.41) is 0.446. The first kappa shape index (κ1) is 12.9. The number of rotatable bonds is 2. The second kappa shape index (κ2) is 5.13. The van der Waals surface area contributed by atoms with Crippen LogP contribution >= 0.6 is 15.9 Å². The van der Waals surface area contributed by atoms with Crippen LogP contribution in [0.25, 0.3) is 22.3 Å². The third-order valence-electron chi connectivity index (χ3n) is 3.07. The smallest absolute Gasteiger partial charge is 0.197 e. The van der Waals surface area contributed by atoms with Crippen molar-refractivity contribution >= 4 is 26.9 Å². The number of hydrogen-bond donors (Lipinski definition) is 0. The van der Waals surface area contributed by atoms with Crippen molar-refractivity contribution in [1.29, 1.82) is 0 Å². The molecule has 100 valence electrons. The van der Waals surface area contributed by atoms with Crippen molar-refractivity contribution in [2.45, 2.75) is 0 Å². The number of benzene rings is 2. The van der Waals surface area contributed by atoms with Gasteiger partial charge in [0.2, 0.25) is 0 Å². The lowest BCUT2D eigenvalue weighted by molar-refractivity contribution is 0.418. The van der Waals surface area contributed by atoms with Crippen LogP contribution in [0.3, 0.4) is 0 Å². The highest BCUT2D eigenvalue weighted by molar-refractivity contribution is 9.10. The average Bonchev–Trinajstić information content (AvgIpc) is 2.49. The van der Waals surface area contributed by atoms with Gasteiger partial charge in [-0.05, 0) is 28.1 Å². The number of hydrogen-bond acceptors (Lipinski definition) is 3. The van der Waals surface area contributed by atoms with E-state index in [1.807, 2.05) is 30.3 Å². The van der Waals surface area contributed by atoms with Gasteiger partial charge < -0.3 is 9.15 Å². The van der Waals surface area contributed by atoms with E-state index in [1.54, 1.807) is 12.1 Å². The molecule has 0 amide bonds. The first-order valence-corrected chi connectivity index (χ1v) is 6.86. The van der Waals surface area contributed by atoms with Gasteiger partial charge in [-0.15, -0.1) is 0 Å². The molecule has 0 fully saturated rings. The Bertz CT molecular complexity index is 822. The maximum absolute atomic E-state index is 12.3. The van der Waals surface area contributed by atoms with E-state index in [9.17, 15) is 4.79 Å². The molecular weight excluding hydrogens is 320 g/mol. The fourth-order valence-electron chi connectivity index (χ4n) is 2.12. The Morgan fingerprint density at radius 3 is 2.55 bits per heavy atom. The minimum absolute atomic E-state index is 0.122. The molecule has 0 aliphatic carbocycles. The van der Waals surface area contributed by atoms with Crippen molar-refractivity contribution in [1.82, 2.24) is 0 Å². The zero-order chi connectivity index (χ0) is 14.1. The summed E-state index contributed by atoms with van der Waals surface area (Å²) in [5.74, 6) is 1.05. The number of ether oxygens (including phenoxy) is 1. The maximum atomic E-state index is 12.3. The summed E-state index contributed by atoms with van der Waals surface area (Å²) in [5.41, 5.74) is 1.24. The standard InChI is InChI=1S/C16H11BrO3/c1-19-13-8-7-11(17)16-15(13)12(18)9-14(20-16)10-5-3-2-4-6-10/h2-9H,1H3. The molecule has 3 aromatic rings. The Labute approximate surface area is 123 Å². The summed E-state index contributed by atoms with van der Waals surface area (Å²) in [6, 6.07) is 14.6. The van der Waals surface area contributed by atoms with Gasteiger partial charge in [-0.1, -0.05) is 30.3 Å². The van der Waals surface area contributed by atoms with Crippen LogP contribution in [0, 0.1) is 0 Å². The Hall–Kier alpha value is -2.07. The first-order chi connectivity index (χ1) is 9.70. The van der Waals surface area contributed by atoms with E-state index in [4.69, 9.17) is 9.15 Å². The van der Waals surface area contributed by atoms with Crippen LogP contribution in [-0.4, -0.2) is 7.11 Å². The summed E-state index contributed by atoms with van der Waals surface area (Å²) in [6.07, 6.45) is 0. The number of fused-ring (bicyclic) bond motifs is 1. The average molecular weight is 331 g/mol. The van der Waals surface area contributed by atoms with E-state index in [1.165, 1.54) is 13.2 Å². The third kappa shape index (κ3) is 2.12. The fraction of sp³-hybridized carbons (Fsp3) is 0.0625. The molecule has 20 heavy (non-hydrogen) atoms. The first-order valence-electron chi connectivity index (χ1n) is 6.06. The van der Waals surface area contributed by atoms with Crippen LogP contribution in [-0.2, 0) is 0 Å². The number of halogens is 1. The van der Waals surface area contributed by atoms with E-state index in [0.29, 0.717) is 22.5 Å². The Kier molecular flexibility index (Phi) is 3.32. The van der Waals surface area contributed by atoms with Crippen molar-refractivity contribution in [3.8, 4) is 17.1 Å². The molecule has 0 spiro atoms. The highest BCUT2D eigenvalue weighted by Gasteiger charge is 2.13. The van der Waals surface area contributed by atoms with Crippen LogP contribution in [0.4, 0.5) is 0 Å². The van der Waals surface area contributed by atoms with Gasteiger partial charge in [0.15, 0.2) is 11.0 Å². The second-order valence-corrected chi connectivity index (χ2v) is 5.15. The molecule has 3 nitrogen and oxygen atoms in total. The molecule has 1 heterocycles. The number of methoxy groups -OCH3 is 1. The van der Waals surface area contributed by atoms with Crippen molar-refractivity contribution in [3.63, 3.8) is 0 Å². The molecular formula is C16H11BrO3. The predicted molar refractivity (Wildman–Crippen MR) is 82.2 cm³/mol. The van der Waals surface area contributed by atoms with Gasteiger partial charge in [0.1, 0.15) is 16.9 Å². The fourth-order valence-corrected chi connectivity index (χ4v) is 2.53. The van der Waals surface area contributed by atoms with Crippen LogP contribution in [0.5, 0.6) is 5.75 Å². The molecule has 0 N–H and O–H groups in total. The van der Waals surface area contributed by atoms with Gasteiger partial charge in [0.25, 0.3) is 0 Å². The lowest BCUT2D eigenvalue weighted by Crippen LogP contribution is -2.03. The molecule has 2 aromatic carbocycles. The molecule has 0 radical (unpaired) electrons. The summed E-state index contributed by atoms with van der Waals surface area (Å²) in [6.45, 7) is 0.